The Kier molecular flexibility index (Phi) is 7.72. The highest BCUT2D eigenvalue weighted by Crippen LogP contribution is 2.39. The van der Waals surface area contributed by atoms with Gasteiger partial charge in [0.25, 0.3) is 0 Å². The summed E-state index contributed by atoms with van der Waals surface area (Å²) in [5.41, 5.74) is 0.602. The van der Waals surface area contributed by atoms with Gasteiger partial charge >= 0.3 is 0 Å². The molecule has 1 heterocycles. The Morgan fingerprint density at radius 3 is 2.61 bits per heavy atom. The minimum atomic E-state index is -0.479. The summed E-state index contributed by atoms with van der Waals surface area (Å²) in [5.74, 6) is 0.916. The van der Waals surface area contributed by atoms with Crippen LogP contribution in [0.4, 0.5) is 4.39 Å². The largest absolute Gasteiger partial charge is 0.381 e. The van der Waals surface area contributed by atoms with Crippen LogP contribution in [0.1, 0.15) is 63.4 Å². The van der Waals surface area contributed by atoms with Crippen LogP contribution >= 0.6 is 11.6 Å². The van der Waals surface area contributed by atoms with Gasteiger partial charge in [0.2, 0.25) is 5.91 Å². The van der Waals surface area contributed by atoms with Gasteiger partial charge in [0.1, 0.15) is 11.4 Å². The molecule has 0 unspecified atom stereocenters. The number of likely N-dealkylation sites (N-methyl/N-ethyl adjacent to an activating group) is 1. The van der Waals surface area contributed by atoms with Crippen molar-refractivity contribution in [1.82, 2.24) is 10.6 Å². The quantitative estimate of drug-likeness (QED) is 0.699. The third-order valence-corrected chi connectivity index (χ3v) is 6.71. The number of hydrogen-bond donors (Lipinski definition) is 2. The fraction of sp³-hybridized carbons (Fsp3) is 0.682. The molecule has 2 N–H and O–H groups in total. The summed E-state index contributed by atoms with van der Waals surface area (Å²) in [6.07, 6.45) is 7.01. The Balaban J connectivity index is 1.47. The molecule has 1 aromatic rings. The van der Waals surface area contributed by atoms with Crippen molar-refractivity contribution in [1.29, 1.82) is 0 Å². The second-order valence-electron chi connectivity index (χ2n) is 8.15. The molecule has 2 fully saturated rings. The zero-order valence-electron chi connectivity index (χ0n) is 16.7. The van der Waals surface area contributed by atoms with Crippen LogP contribution in [0.5, 0.6) is 0 Å². The van der Waals surface area contributed by atoms with E-state index in [1.807, 2.05) is 13.0 Å². The SMILES string of the molecule is CCNC(=O)C1(NCC[C@H]2CC[C@@H](c3ccc(F)cc3Cl)CC2)CCOCC1. The maximum Gasteiger partial charge on any atom is 0.240 e. The number of benzene rings is 1. The Morgan fingerprint density at radius 2 is 1.96 bits per heavy atom. The molecule has 4 nitrogen and oxygen atoms in total. The maximum absolute atomic E-state index is 13.3. The van der Waals surface area contributed by atoms with Crippen LogP contribution in [0, 0.1) is 11.7 Å². The van der Waals surface area contributed by atoms with Crippen LogP contribution in [0.25, 0.3) is 0 Å². The molecule has 1 aromatic carbocycles. The van der Waals surface area contributed by atoms with Crippen molar-refractivity contribution >= 4 is 17.5 Å². The molecule has 0 bridgehead atoms. The van der Waals surface area contributed by atoms with E-state index in [1.165, 1.54) is 12.1 Å². The summed E-state index contributed by atoms with van der Waals surface area (Å²) in [7, 11) is 0. The second-order valence-corrected chi connectivity index (χ2v) is 8.56. The first-order valence-electron chi connectivity index (χ1n) is 10.6. The number of ether oxygens (including phenoxy) is 1. The lowest BCUT2D eigenvalue weighted by molar-refractivity contribution is -0.131. The number of carbonyl (C=O) groups excluding carboxylic acids is 1. The molecule has 28 heavy (non-hydrogen) atoms. The number of amides is 1. The summed E-state index contributed by atoms with van der Waals surface area (Å²) in [5, 5.41) is 7.10. The van der Waals surface area contributed by atoms with Crippen molar-refractivity contribution in [3.63, 3.8) is 0 Å². The van der Waals surface area contributed by atoms with Crippen molar-refractivity contribution in [3.8, 4) is 0 Å². The van der Waals surface area contributed by atoms with Gasteiger partial charge in [-0.15, -0.1) is 0 Å². The summed E-state index contributed by atoms with van der Waals surface area (Å²) < 4.78 is 18.7. The fourth-order valence-electron chi connectivity index (χ4n) is 4.64. The highest BCUT2D eigenvalue weighted by molar-refractivity contribution is 6.31. The van der Waals surface area contributed by atoms with E-state index in [1.54, 1.807) is 0 Å². The molecule has 2 aliphatic rings. The van der Waals surface area contributed by atoms with Crippen molar-refractivity contribution in [2.24, 2.45) is 5.92 Å². The minimum Gasteiger partial charge on any atom is -0.381 e. The van der Waals surface area contributed by atoms with Gasteiger partial charge in [-0.1, -0.05) is 17.7 Å². The molecule has 1 saturated heterocycles. The summed E-state index contributed by atoms with van der Waals surface area (Å²) >= 11 is 6.24. The molecular formula is C22H32ClFN2O2. The first-order chi connectivity index (χ1) is 13.5. The van der Waals surface area contributed by atoms with E-state index in [9.17, 15) is 9.18 Å². The first kappa shape index (κ1) is 21.5. The van der Waals surface area contributed by atoms with Crippen molar-refractivity contribution < 1.29 is 13.9 Å². The highest BCUT2D eigenvalue weighted by Gasteiger charge is 2.39. The Bertz CT molecular complexity index is 656. The molecule has 1 aliphatic heterocycles. The van der Waals surface area contributed by atoms with E-state index in [0.29, 0.717) is 36.6 Å². The molecule has 6 heteroatoms. The number of halogens is 2. The number of rotatable bonds is 7. The molecule has 1 aliphatic carbocycles. The molecule has 0 atom stereocenters. The predicted octanol–water partition coefficient (Wildman–Crippen LogP) is 4.42. The van der Waals surface area contributed by atoms with E-state index >= 15 is 0 Å². The van der Waals surface area contributed by atoms with Crippen LogP contribution in [0.2, 0.25) is 5.02 Å². The number of hydrogen-bond acceptors (Lipinski definition) is 3. The summed E-state index contributed by atoms with van der Waals surface area (Å²) in [6.45, 7) is 4.72. The third kappa shape index (κ3) is 5.25. The predicted molar refractivity (Wildman–Crippen MR) is 110 cm³/mol. The third-order valence-electron chi connectivity index (χ3n) is 6.38. The zero-order chi connectivity index (χ0) is 20.0. The number of nitrogens with one attached hydrogen (secondary N) is 2. The van der Waals surface area contributed by atoms with E-state index in [0.717, 1.165) is 57.1 Å². The Labute approximate surface area is 172 Å². The molecule has 156 valence electrons. The van der Waals surface area contributed by atoms with Crippen LogP contribution in [0.3, 0.4) is 0 Å². The van der Waals surface area contributed by atoms with Gasteiger partial charge in [0.15, 0.2) is 0 Å². The first-order valence-corrected chi connectivity index (χ1v) is 11.0. The van der Waals surface area contributed by atoms with E-state index < -0.39 is 5.54 Å². The van der Waals surface area contributed by atoms with Gasteiger partial charge in [0.05, 0.1) is 0 Å². The average molecular weight is 411 g/mol. The second kappa shape index (κ2) is 10.0. The average Bonchev–Trinajstić information content (AvgIpc) is 2.70. The van der Waals surface area contributed by atoms with Gasteiger partial charge < -0.3 is 15.4 Å². The molecular weight excluding hydrogens is 379 g/mol. The molecule has 0 aromatic heterocycles. The molecule has 1 amide bonds. The van der Waals surface area contributed by atoms with Crippen LogP contribution in [-0.4, -0.2) is 37.7 Å². The minimum absolute atomic E-state index is 0.105. The van der Waals surface area contributed by atoms with Gasteiger partial charge in [0, 0.05) is 24.8 Å². The van der Waals surface area contributed by atoms with Gasteiger partial charge in [-0.2, -0.15) is 0 Å². The lowest BCUT2D eigenvalue weighted by Gasteiger charge is -2.37. The van der Waals surface area contributed by atoms with Crippen molar-refractivity contribution in [2.45, 2.75) is 63.3 Å². The maximum atomic E-state index is 13.3. The molecule has 0 spiro atoms. The molecule has 3 rings (SSSR count). The topological polar surface area (TPSA) is 50.4 Å². The standard InChI is InChI=1S/C22H32ClFN2O2/c1-2-25-21(27)22(10-13-28-14-11-22)26-12-9-16-3-5-17(6-4-16)19-8-7-18(24)15-20(19)23/h7-8,15-17,26H,2-6,9-14H2,1H3,(H,25,27)/t16-,17+. The zero-order valence-corrected chi connectivity index (χ0v) is 17.5. The summed E-state index contributed by atoms with van der Waals surface area (Å²) in [6, 6.07) is 4.76. The van der Waals surface area contributed by atoms with Crippen LogP contribution in [0.15, 0.2) is 18.2 Å². The Morgan fingerprint density at radius 1 is 1.25 bits per heavy atom. The van der Waals surface area contributed by atoms with Crippen LogP contribution in [-0.2, 0) is 9.53 Å². The van der Waals surface area contributed by atoms with E-state index in [-0.39, 0.29) is 11.7 Å². The monoisotopic (exact) mass is 410 g/mol. The highest BCUT2D eigenvalue weighted by atomic mass is 35.5. The van der Waals surface area contributed by atoms with E-state index in [4.69, 9.17) is 16.3 Å². The van der Waals surface area contributed by atoms with Crippen LogP contribution < -0.4 is 10.6 Å². The van der Waals surface area contributed by atoms with Crippen molar-refractivity contribution in [3.05, 3.63) is 34.6 Å². The van der Waals surface area contributed by atoms with Crippen molar-refractivity contribution in [2.75, 3.05) is 26.3 Å². The normalized spacial score (nSPS) is 24.7. The smallest absolute Gasteiger partial charge is 0.240 e. The van der Waals surface area contributed by atoms with E-state index in [2.05, 4.69) is 10.6 Å². The lowest BCUT2D eigenvalue weighted by Crippen LogP contribution is -2.60. The van der Waals surface area contributed by atoms with Gasteiger partial charge in [-0.05, 0) is 87.9 Å². The summed E-state index contributed by atoms with van der Waals surface area (Å²) in [4.78, 5) is 12.6. The molecule has 0 radical (unpaired) electrons. The fourth-order valence-corrected chi connectivity index (χ4v) is 4.97. The number of carbonyl (C=O) groups is 1. The Hall–Kier alpha value is -1.17. The molecule has 1 saturated carbocycles. The van der Waals surface area contributed by atoms with Gasteiger partial charge in [-0.3, -0.25) is 4.79 Å². The van der Waals surface area contributed by atoms with Gasteiger partial charge in [-0.25, -0.2) is 4.39 Å². The lowest BCUT2D eigenvalue weighted by atomic mass is 9.77.